The first-order valence-electron chi connectivity index (χ1n) is 5.52. The Hall–Kier alpha value is -1.06. The molecule has 1 unspecified atom stereocenters. The smallest absolute Gasteiger partial charge is 0.338 e. The number of carbonyl (C=O) groups excluding carboxylic acids is 2. The maximum absolute atomic E-state index is 11.8. The topological polar surface area (TPSA) is 43.4 Å². The zero-order valence-electron chi connectivity index (χ0n) is 10.2. The van der Waals surface area contributed by atoms with Gasteiger partial charge in [0.1, 0.15) is 5.38 Å². The van der Waals surface area contributed by atoms with Crippen molar-refractivity contribution in [2.45, 2.75) is 25.1 Å². The highest BCUT2D eigenvalue weighted by atomic mass is 35.5. The van der Waals surface area contributed by atoms with Crippen molar-refractivity contribution in [2.24, 2.45) is 0 Å². The van der Waals surface area contributed by atoms with Crippen LogP contribution >= 0.6 is 23.2 Å². The zero-order chi connectivity index (χ0) is 13.7. The Bertz CT molecular complexity index is 458. The van der Waals surface area contributed by atoms with Gasteiger partial charge >= 0.3 is 5.97 Å². The molecular weight excluding hydrogens is 275 g/mol. The first-order chi connectivity index (χ1) is 8.52. The number of benzene rings is 1. The van der Waals surface area contributed by atoms with Gasteiger partial charge in [0.25, 0.3) is 0 Å². The second-order valence-corrected chi connectivity index (χ2v) is 4.40. The standard InChI is InChI=1S/C13H14Cl2O3/c1-3-18-13(17)10-6-4-5-9(11(10)7-14)12(15)8(2)16/h4-6,12H,3,7H2,1-2H3. The second-order valence-electron chi connectivity index (χ2n) is 3.70. The van der Waals surface area contributed by atoms with E-state index >= 15 is 0 Å². The van der Waals surface area contributed by atoms with E-state index in [1.165, 1.54) is 6.92 Å². The van der Waals surface area contributed by atoms with Gasteiger partial charge in [0.2, 0.25) is 0 Å². The van der Waals surface area contributed by atoms with Gasteiger partial charge in [-0.05, 0) is 31.0 Å². The molecule has 0 heterocycles. The first kappa shape index (κ1) is 15.0. The van der Waals surface area contributed by atoms with Gasteiger partial charge in [0.05, 0.1) is 12.2 Å². The molecule has 0 bridgehead atoms. The first-order valence-corrected chi connectivity index (χ1v) is 6.49. The van der Waals surface area contributed by atoms with E-state index in [1.54, 1.807) is 25.1 Å². The molecule has 1 aromatic carbocycles. The van der Waals surface area contributed by atoms with Crippen LogP contribution in [0.5, 0.6) is 0 Å². The number of halogens is 2. The number of carbonyl (C=O) groups is 2. The number of esters is 1. The molecule has 0 radical (unpaired) electrons. The lowest BCUT2D eigenvalue weighted by molar-refractivity contribution is -0.116. The molecule has 1 atom stereocenters. The van der Waals surface area contributed by atoms with Gasteiger partial charge in [-0.2, -0.15) is 0 Å². The van der Waals surface area contributed by atoms with E-state index in [0.29, 0.717) is 16.7 Å². The predicted octanol–water partition coefficient (Wildman–Crippen LogP) is 3.47. The third-order valence-electron chi connectivity index (χ3n) is 2.47. The lowest BCUT2D eigenvalue weighted by atomic mass is 9.98. The third-order valence-corrected chi connectivity index (χ3v) is 3.28. The maximum atomic E-state index is 11.8. The van der Waals surface area contributed by atoms with Crippen molar-refractivity contribution in [3.63, 3.8) is 0 Å². The summed E-state index contributed by atoms with van der Waals surface area (Å²) in [6, 6.07) is 4.97. The van der Waals surface area contributed by atoms with E-state index in [9.17, 15) is 9.59 Å². The largest absolute Gasteiger partial charge is 0.462 e. The number of alkyl halides is 2. The van der Waals surface area contributed by atoms with E-state index in [0.717, 1.165) is 0 Å². The summed E-state index contributed by atoms with van der Waals surface area (Å²) in [5.74, 6) is -0.549. The summed E-state index contributed by atoms with van der Waals surface area (Å²) in [4.78, 5) is 23.1. The van der Waals surface area contributed by atoms with Gasteiger partial charge in [0, 0.05) is 5.88 Å². The fourth-order valence-electron chi connectivity index (χ4n) is 1.61. The van der Waals surface area contributed by atoms with Gasteiger partial charge < -0.3 is 4.74 Å². The highest BCUT2D eigenvalue weighted by Crippen LogP contribution is 2.29. The predicted molar refractivity (Wildman–Crippen MR) is 71.2 cm³/mol. The van der Waals surface area contributed by atoms with Crippen LogP contribution in [-0.4, -0.2) is 18.4 Å². The molecule has 3 nitrogen and oxygen atoms in total. The van der Waals surface area contributed by atoms with Crippen LogP contribution in [-0.2, 0) is 15.4 Å². The molecule has 0 fully saturated rings. The molecule has 0 N–H and O–H groups in total. The highest BCUT2D eigenvalue weighted by molar-refractivity contribution is 6.31. The van der Waals surface area contributed by atoms with Crippen LogP contribution in [0.1, 0.15) is 40.7 Å². The van der Waals surface area contributed by atoms with Gasteiger partial charge in [0.15, 0.2) is 5.78 Å². The van der Waals surface area contributed by atoms with Crippen LogP contribution in [0, 0.1) is 0 Å². The van der Waals surface area contributed by atoms with Crippen LogP contribution in [0.25, 0.3) is 0 Å². The quantitative estimate of drug-likeness (QED) is 0.615. The number of ether oxygens (including phenoxy) is 1. The van der Waals surface area contributed by atoms with Crippen molar-refractivity contribution in [2.75, 3.05) is 6.61 Å². The van der Waals surface area contributed by atoms with Crippen molar-refractivity contribution in [3.8, 4) is 0 Å². The third kappa shape index (κ3) is 3.24. The Labute approximate surface area is 116 Å². The molecule has 0 saturated heterocycles. The molecule has 0 spiro atoms. The summed E-state index contributed by atoms with van der Waals surface area (Å²) in [5, 5.41) is -0.798. The Balaban J connectivity index is 3.26. The second kappa shape index (κ2) is 6.76. The van der Waals surface area contributed by atoms with E-state index in [2.05, 4.69) is 0 Å². The fourth-order valence-corrected chi connectivity index (χ4v) is 2.11. The average Bonchev–Trinajstić information content (AvgIpc) is 2.36. The molecule has 0 aromatic heterocycles. The Morgan fingerprint density at radius 2 is 2.06 bits per heavy atom. The van der Waals surface area contributed by atoms with Crippen molar-refractivity contribution in [3.05, 3.63) is 34.9 Å². The Morgan fingerprint density at radius 1 is 1.39 bits per heavy atom. The molecule has 18 heavy (non-hydrogen) atoms. The number of ketones is 1. The normalized spacial score (nSPS) is 12.0. The van der Waals surface area contributed by atoms with E-state index in [4.69, 9.17) is 27.9 Å². The number of Topliss-reactive ketones (excluding diaryl/α,β-unsaturated/α-hetero) is 1. The number of hydrogen-bond donors (Lipinski definition) is 0. The van der Waals surface area contributed by atoms with Crippen molar-refractivity contribution >= 4 is 35.0 Å². The molecule has 0 aliphatic carbocycles. The van der Waals surface area contributed by atoms with Crippen LogP contribution in [0.3, 0.4) is 0 Å². The Kier molecular flexibility index (Phi) is 5.63. The minimum atomic E-state index is -0.798. The SMILES string of the molecule is CCOC(=O)c1cccc(C(Cl)C(C)=O)c1CCl. The molecule has 0 amide bonds. The lowest BCUT2D eigenvalue weighted by Gasteiger charge is -2.14. The van der Waals surface area contributed by atoms with Gasteiger partial charge in [-0.1, -0.05) is 12.1 Å². The minimum absolute atomic E-state index is 0.0980. The highest BCUT2D eigenvalue weighted by Gasteiger charge is 2.21. The van der Waals surface area contributed by atoms with Gasteiger partial charge in [-0.25, -0.2) is 4.79 Å². The van der Waals surface area contributed by atoms with Crippen LogP contribution in [0.4, 0.5) is 0 Å². The summed E-state index contributed by atoms with van der Waals surface area (Å²) in [6.45, 7) is 3.40. The van der Waals surface area contributed by atoms with Crippen molar-refractivity contribution in [1.29, 1.82) is 0 Å². The Morgan fingerprint density at radius 3 is 2.56 bits per heavy atom. The molecule has 98 valence electrons. The molecule has 0 aliphatic rings. The molecule has 5 heteroatoms. The van der Waals surface area contributed by atoms with Crippen LogP contribution in [0.2, 0.25) is 0 Å². The lowest BCUT2D eigenvalue weighted by Crippen LogP contribution is -2.12. The summed E-state index contributed by atoms with van der Waals surface area (Å²) in [5.41, 5.74) is 1.47. The zero-order valence-corrected chi connectivity index (χ0v) is 11.7. The van der Waals surface area contributed by atoms with E-state index in [-0.39, 0.29) is 18.3 Å². The maximum Gasteiger partial charge on any atom is 0.338 e. The van der Waals surface area contributed by atoms with Crippen LogP contribution in [0.15, 0.2) is 18.2 Å². The summed E-state index contributed by atoms with van der Waals surface area (Å²) in [7, 11) is 0. The van der Waals surface area contributed by atoms with Gasteiger partial charge in [-0.3, -0.25) is 4.79 Å². The number of rotatable bonds is 5. The van der Waals surface area contributed by atoms with Crippen LogP contribution < -0.4 is 0 Å². The molecular formula is C13H14Cl2O3. The van der Waals surface area contributed by atoms with E-state index < -0.39 is 11.3 Å². The van der Waals surface area contributed by atoms with Crippen molar-refractivity contribution < 1.29 is 14.3 Å². The minimum Gasteiger partial charge on any atom is -0.462 e. The monoisotopic (exact) mass is 288 g/mol. The number of hydrogen-bond acceptors (Lipinski definition) is 3. The molecule has 1 rings (SSSR count). The van der Waals surface area contributed by atoms with E-state index in [1.807, 2.05) is 0 Å². The van der Waals surface area contributed by atoms with Crippen molar-refractivity contribution in [1.82, 2.24) is 0 Å². The molecule has 0 saturated carbocycles. The summed E-state index contributed by atoms with van der Waals surface area (Å²) >= 11 is 11.9. The molecule has 1 aromatic rings. The molecule has 0 aliphatic heterocycles. The summed E-state index contributed by atoms with van der Waals surface area (Å²) < 4.78 is 4.94. The fraction of sp³-hybridized carbons (Fsp3) is 0.385. The average molecular weight is 289 g/mol. The summed E-state index contributed by atoms with van der Waals surface area (Å²) in [6.07, 6.45) is 0. The van der Waals surface area contributed by atoms with Gasteiger partial charge in [-0.15, -0.1) is 23.2 Å².